The summed E-state index contributed by atoms with van der Waals surface area (Å²) in [5.74, 6) is 1.52. The number of aryl methyl sites for hydroxylation is 1. The molecule has 0 aliphatic carbocycles. The second kappa shape index (κ2) is 7.93. The van der Waals surface area contributed by atoms with Crippen LogP contribution in [0.2, 0.25) is 0 Å². The zero-order valence-corrected chi connectivity index (χ0v) is 16.4. The fourth-order valence-corrected chi connectivity index (χ4v) is 4.22. The predicted molar refractivity (Wildman–Crippen MR) is 109 cm³/mol. The summed E-state index contributed by atoms with van der Waals surface area (Å²) in [6.45, 7) is 2.03. The lowest BCUT2D eigenvalue weighted by Crippen LogP contribution is -2.41. The molecule has 2 atom stereocenters. The van der Waals surface area contributed by atoms with E-state index < -0.39 is 5.25 Å². The number of ether oxygens (including phenoxy) is 1. The molecule has 3 aromatic rings. The van der Waals surface area contributed by atoms with E-state index in [1.165, 1.54) is 11.8 Å². The maximum atomic E-state index is 13.1. The average Bonchev–Trinajstić information content (AvgIpc) is 3.15. The number of carbonyl (C=O) groups is 1. The highest BCUT2D eigenvalue weighted by Gasteiger charge is 2.37. The molecule has 0 saturated carbocycles. The number of para-hydroxylation sites is 1. The summed E-state index contributed by atoms with van der Waals surface area (Å²) in [5.41, 5.74) is 5.19. The first-order valence-corrected chi connectivity index (χ1v) is 9.95. The first-order valence-electron chi connectivity index (χ1n) is 9.07. The fraction of sp³-hybridized carbons (Fsp3) is 0.250. The zero-order valence-electron chi connectivity index (χ0n) is 15.6. The largest absolute Gasteiger partial charge is 0.497 e. The maximum Gasteiger partial charge on any atom is 0.240 e. The summed E-state index contributed by atoms with van der Waals surface area (Å²) in [6.07, 6.45) is 0.747. The molecule has 1 amide bonds. The molecular weight excluding hydrogens is 374 g/mol. The third-order valence-corrected chi connectivity index (χ3v) is 5.81. The minimum atomic E-state index is -0.407. The van der Waals surface area contributed by atoms with Crippen molar-refractivity contribution in [3.8, 4) is 5.75 Å². The quantitative estimate of drug-likeness (QED) is 0.690. The summed E-state index contributed by atoms with van der Waals surface area (Å²) in [5, 5.41) is 11.7. The van der Waals surface area contributed by atoms with E-state index >= 15 is 0 Å². The number of rotatable bonds is 5. The highest BCUT2D eigenvalue weighted by atomic mass is 32.2. The van der Waals surface area contributed by atoms with Gasteiger partial charge in [0.2, 0.25) is 11.1 Å². The summed E-state index contributed by atoms with van der Waals surface area (Å²) < 4.78 is 7.14. The number of nitrogens with zero attached hydrogens (tertiary/aromatic N) is 3. The molecule has 28 heavy (non-hydrogen) atoms. The van der Waals surface area contributed by atoms with Crippen molar-refractivity contribution in [2.75, 3.05) is 17.9 Å². The van der Waals surface area contributed by atoms with Crippen LogP contribution in [0.25, 0.3) is 0 Å². The standard InChI is InChI=1S/C20H21N5O2S/c1-3-16-22-23-20-25(16)24-17(13-9-11-15(27-2)12-10-13)18(28-20)19(26)21-14-7-5-4-6-8-14/h4-12,17-18,24H,3H2,1-2H3,(H,21,26)/t17-,18-/m1/s1. The first kappa shape index (κ1) is 18.4. The fourth-order valence-electron chi connectivity index (χ4n) is 3.12. The molecule has 0 radical (unpaired) electrons. The van der Waals surface area contributed by atoms with Crippen LogP contribution in [0.5, 0.6) is 5.75 Å². The van der Waals surface area contributed by atoms with Crippen molar-refractivity contribution in [1.29, 1.82) is 0 Å². The Morgan fingerprint density at radius 1 is 1.18 bits per heavy atom. The van der Waals surface area contributed by atoms with Gasteiger partial charge in [0.05, 0.1) is 13.2 Å². The van der Waals surface area contributed by atoms with Crippen LogP contribution in [0.4, 0.5) is 5.69 Å². The Morgan fingerprint density at radius 3 is 2.61 bits per heavy atom. The Bertz CT molecular complexity index is 958. The van der Waals surface area contributed by atoms with Crippen LogP contribution >= 0.6 is 11.8 Å². The first-order chi connectivity index (χ1) is 13.7. The smallest absolute Gasteiger partial charge is 0.240 e. The monoisotopic (exact) mass is 395 g/mol. The Morgan fingerprint density at radius 2 is 1.93 bits per heavy atom. The van der Waals surface area contributed by atoms with Crippen molar-refractivity contribution in [1.82, 2.24) is 14.9 Å². The maximum absolute atomic E-state index is 13.1. The van der Waals surface area contributed by atoms with Gasteiger partial charge in [-0.3, -0.25) is 4.79 Å². The molecule has 0 bridgehead atoms. The molecule has 4 rings (SSSR count). The average molecular weight is 395 g/mol. The summed E-state index contributed by atoms with van der Waals surface area (Å²) in [6, 6.07) is 17.0. The molecule has 2 aromatic carbocycles. The van der Waals surface area contributed by atoms with Gasteiger partial charge >= 0.3 is 0 Å². The molecule has 7 nitrogen and oxygen atoms in total. The van der Waals surface area contributed by atoms with Crippen LogP contribution in [-0.4, -0.2) is 33.1 Å². The van der Waals surface area contributed by atoms with Gasteiger partial charge in [-0.2, -0.15) is 0 Å². The molecule has 1 aliphatic heterocycles. The van der Waals surface area contributed by atoms with Gasteiger partial charge in [-0.05, 0) is 29.8 Å². The number of hydrogen-bond donors (Lipinski definition) is 2. The van der Waals surface area contributed by atoms with Gasteiger partial charge in [0.25, 0.3) is 0 Å². The van der Waals surface area contributed by atoms with E-state index in [1.807, 2.05) is 66.2 Å². The van der Waals surface area contributed by atoms with Gasteiger partial charge in [-0.1, -0.05) is 49.0 Å². The molecule has 0 unspecified atom stereocenters. The molecule has 8 heteroatoms. The Balaban J connectivity index is 1.67. The lowest BCUT2D eigenvalue weighted by molar-refractivity contribution is -0.116. The molecule has 144 valence electrons. The van der Waals surface area contributed by atoms with Crippen LogP contribution in [0.3, 0.4) is 0 Å². The van der Waals surface area contributed by atoms with Crippen molar-refractivity contribution in [3.05, 3.63) is 66.0 Å². The number of fused-ring (bicyclic) bond motifs is 1. The Labute approximate surface area is 167 Å². The molecule has 1 aromatic heterocycles. The number of hydrogen-bond acceptors (Lipinski definition) is 6. The number of methoxy groups -OCH3 is 1. The lowest BCUT2D eigenvalue weighted by atomic mass is 10.0. The number of anilines is 1. The topological polar surface area (TPSA) is 81.1 Å². The third-order valence-electron chi connectivity index (χ3n) is 4.59. The van der Waals surface area contributed by atoms with Gasteiger partial charge in [0.1, 0.15) is 11.0 Å². The summed E-state index contributed by atoms with van der Waals surface area (Å²) in [4.78, 5) is 13.1. The summed E-state index contributed by atoms with van der Waals surface area (Å²) in [7, 11) is 1.64. The lowest BCUT2D eigenvalue weighted by Gasteiger charge is -2.33. The van der Waals surface area contributed by atoms with Crippen molar-refractivity contribution < 1.29 is 9.53 Å². The highest BCUT2D eigenvalue weighted by Crippen LogP contribution is 2.38. The Kier molecular flexibility index (Phi) is 5.21. The van der Waals surface area contributed by atoms with Crippen LogP contribution in [0, 0.1) is 0 Å². The van der Waals surface area contributed by atoms with Gasteiger partial charge in [-0.15, -0.1) is 10.2 Å². The second-order valence-electron chi connectivity index (χ2n) is 6.36. The molecule has 2 N–H and O–H groups in total. The molecule has 1 aliphatic rings. The normalized spacial score (nSPS) is 18.1. The molecule has 0 saturated heterocycles. The number of nitrogens with one attached hydrogen (secondary N) is 2. The van der Waals surface area contributed by atoms with E-state index in [2.05, 4.69) is 20.9 Å². The molecular formula is C20H21N5O2S. The van der Waals surface area contributed by atoms with Crippen molar-refractivity contribution in [2.24, 2.45) is 0 Å². The SMILES string of the molecule is CCc1nnc2n1N[C@H](c1ccc(OC)cc1)[C@H](C(=O)Nc1ccccc1)S2. The molecule has 0 spiro atoms. The highest BCUT2D eigenvalue weighted by molar-refractivity contribution is 8.00. The third kappa shape index (κ3) is 3.55. The van der Waals surface area contributed by atoms with Crippen LogP contribution in [0.1, 0.15) is 24.4 Å². The van der Waals surface area contributed by atoms with E-state index in [4.69, 9.17) is 4.74 Å². The number of thioether (sulfide) groups is 1. The van der Waals surface area contributed by atoms with E-state index in [0.29, 0.717) is 5.16 Å². The Hall–Kier alpha value is -3.00. The van der Waals surface area contributed by atoms with Gasteiger partial charge in [0.15, 0.2) is 5.82 Å². The number of aromatic nitrogens is 3. The second-order valence-corrected chi connectivity index (χ2v) is 7.47. The minimum Gasteiger partial charge on any atom is -0.497 e. The number of amides is 1. The van der Waals surface area contributed by atoms with Crippen molar-refractivity contribution in [2.45, 2.75) is 29.8 Å². The van der Waals surface area contributed by atoms with E-state index in [-0.39, 0.29) is 11.9 Å². The van der Waals surface area contributed by atoms with Gasteiger partial charge < -0.3 is 15.5 Å². The predicted octanol–water partition coefficient (Wildman–Crippen LogP) is 3.25. The van der Waals surface area contributed by atoms with Crippen molar-refractivity contribution >= 4 is 23.4 Å². The molecule has 0 fully saturated rings. The molecule has 2 heterocycles. The van der Waals surface area contributed by atoms with Crippen LogP contribution in [-0.2, 0) is 11.2 Å². The van der Waals surface area contributed by atoms with Crippen LogP contribution < -0.4 is 15.5 Å². The van der Waals surface area contributed by atoms with E-state index in [9.17, 15) is 4.79 Å². The van der Waals surface area contributed by atoms with Gasteiger partial charge in [0, 0.05) is 12.1 Å². The van der Waals surface area contributed by atoms with Crippen LogP contribution in [0.15, 0.2) is 59.8 Å². The van der Waals surface area contributed by atoms with Gasteiger partial charge in [-0.25, -0.2) is 4.68 Å². The number of carbonyl (C=O) groups excluding carboxylic acids is 1. The zero-order chi connectivity index (χ0) is 19.5. The minimum absolute atomic E-state index is 0.0863. The summed E-state index contributed by atoms with van der Waals surface area (Å²) >= 11 is 1.42. The number of benzene rings is 2. The van der Waals surface area contributed by atoms with E-state index in [0.717, 1.165) is 29.2 Å². The van der Waals surface area contributed by atoms with E-state index in [1.54, 1.807) is 7.11 Å². The van der Waals surface area contributed by atoms with Crippen molar-refractivity contribution in [3.63, 3.8) is 0 Å².